The van der Waals surface area contributed by atoms with Gasteiger partial charge in [0, 0.05) is 24.2 Å². The number of nitro groups is 1. The molecule has 0 aliphatic carbocycles. The van der Waals surface area contributed by atoms with Crippen LogP contribution in [0.15, 0.2) is 71.6 Å². The lowest BCUT2D eigenvalue weighted by Gasteiger charge is -2.32. The number of aryl methyl sites for hydroxylation is 1. The molecule has 2 amide bonds. The minimum Gasteiger partial charge on any atom is -0.497 e. The van der Waals surface area contributed by atoms with E-state index < -0.39 is 39.3 Å². The number of hydrogen-bond donors (Lipinski definition) is 1. The molecule has 3 aromatic carbocycles. The Morgan fingerprint density at radius 2 is 1.52 bits per heavy atom. The second-order valence-corrected chi connectivity index (χ2v) is 12.1. The van der Waals surface area contributed by atoms with E-state index >= 15 is 0 Å². The van der Waals surface area contributed by atoms with E-state index in [4.69, 9.17) is 9.47 Å². The number of ether oxygens (including phenoxy) is 2. The van der Waals surface area contributed by atoms with Gasteiger partial charge in [-0.3, -0.25) is 24.0 Å². The average molecular weight is 627 g/mol. The number of rotatable bonds is 14. The SMILES string of the molecule is CC[C@@H](C)NC(=O)[C@@H](C)N(Cc1ccc(OC)cc1)C(=O)CN(c1ccc(OC)cc1)S(=O)(=O)c1ccc(C)c([N+](=O)[O-])c1. The van der Waals surface area contributed by atoms with Crippen molar-refractivity contribution in [3.63, 3.8) is 0 Å². The summed E-state index contributed by atoms with van der Waals surface area (Å²) in [6.45, 7) is 6.16. The van der Waals surface area contributed by atoms with Crippen molar-refractivity contribution in [1.29, 1.82) is 0 Å². The van der Waals surface area contributed by atoms with E-state index in [0.29, 0.717) is 23.5 Å². The van der Waals surface area contributed by atoms with Crippen molar-refractivity contribution in [2.45, 2.75) is 57.6 Å². The molecule has 3 aromatic rings. The largest absolute Gasteiger partial charge is 0.497 e. The van der Waals surface area contributed by atoms with Crippen LogP contribution in [0.2, 0.25) is 0 Å². The molecule has 0 saturated carbocycles. The molecule has 3 rings (SSSR count). The van der Waals surface area contributed by atoms with Gasteiger partial charge in [-0.05, 0) is 75.2 Å². The van der Waals surface area contributed by atoms with Gasteiger partial charge in [0.2, 0.25) is 11.8 Å². The lowest BCUT2D eigenvalue weighted by atomic mass is 10.1. The van der Waals surface area contributed by atoms with Gasteiger partial charge in [0.1, 0.15) is 24.1 Å². The molecule has 0 fully saturated rings. The van der Waals surface area contributed by atoms with Gasteiger partial charge < -0.3 is 19.7 Å². The molecule has 0 aliphatic heterocycles. The number of nitrogens with one attached hydrogen (secondary N) is 1. The number of nitrogens with zero attached hydrogens (tertiary/aromatic N) is 3. The average Bonchev–Trinajstić information content (AvgIpc) is 3.02. The number of methoxy groups -OCH3 is 2. The van der Waals surface area contributed by atoms with Crippen LogP contribution in [0.5, 0.6) is 11.5 Å². The minimum atomic E-state index is -4.50. The Labute approximate surface area is 257 Å². The number of nitro benzene ring substituents is 1. The van der Waals surface area contributed by atoms with Crippen molar-refractivity contribution in [3.8, 4) is 11.5 Å². The predicted octanol–water partition coefficient (Wildman–Crippen LogP) is 4.45. The van der Waals surface area contributed by atoms with Crippen molar-refractivity contribution < 1.29 is 32.4 Å². The first-order valence-electron chi connectivity index (χ1n) is 14.0. The maximum absolute atomic E-state index is 14.1. The Morgan fingerprint density at radius 1 is 0.955 bits per heavy atom. The van der Waals surface area contributed by atoms with Gasteiger partial charge in [0.25, 0.3) is 15.7 Å². The first-order valence-corrected chi connectivity index (χ1v) is 15.4. The lowest BCUT2D eigenvalue weighted by Crippen LogP contribution is -2.52. The highest BCUT2D eigenvalue weighted by molar-refractivity contribution is 7.92. The Kier molecular flexibility index (Phi) is 11.3. The third-order valence-corrected chi connectivity index (χ3v) is 9.05. The third-order valence-electron chi connectivity index (χ3n) is 7.28. The zero-order valence-electron chi connectivity index (χ0n) is 25.6. The first kappa shape index (κ1) is 33.8. The third kappa shape index (κ3) is 8.04. The number of carbonyl (C=O) groups excluding carboxylic acids is 2. The van der Waals surface area contributed by atoms with Gasteiger partial charge in [-0.2, -0.15) is 0 Å². The second kappa shape index (κ2) is 14.7. The molecule has 0 unspecified atom stereocenters. The van der Waals surface area contributed by atoms with Crippen LogP contribution in [0.3, 0.4) is 0 Å². The van der Waals surface area contributed by atoms with Crippen LogP contribution in [0.1, 0.15) is 38.3 Å². The van der Waals surface area contributed by atoms with Crippen molar-refractivity contribution in [1.82, 2.24) is 10.2 Å². The van der Waals surface area contributed by atoms with Crippen molar-refractivity contribution in [3.05, 3.63) is 88.0 Å². The molecule has 1 N–H and O–H groups in total. The Hall–Kier alpha value is -4.65. The normalized spacial score (nSPS) is 12.5. The van der Waals surface area contributed by atoms with E-state index in [9.17, 15) is 28.1 Å². The molecule has 0 saturated heterocycles. The van der Waals surface area contributed by atoms with Gasteiger partial charge in [0.15, 0.2) is 0 Å². The lowest BCUT2D eigenvalue weighted by molar-refractivity contribution is -0.385. The number of benzene rings is 3. The summed E-state index contributed by atoms with van der Waals surface area (Å²) in [6.07, 6.45) is 0.678. The molecule has 44 heavy (non-hydrogen) atoms. The van der Waals surface area contributed by atoms with E-state index in [1.807, 2.05) is 13.8 Å². The first-order chi connectivity index (χ1) is 20.8. The molecule has 12 nitrogen and oxygen atoms in total. The fourth-order valence-electron chi connectivity index (χ4n) is 4.33. The smallest absolute Gasteiger partial charge is 0.273 e. The summed E-state index contributed by atoms with van der Waals surface area (Å²) >= 11 is 0. The summed E-state index contributed by atoms with van der Waals surface area (Å²) in [5.74, 6) is 0.0147. The van der Waals surface area contributed by atoms with Crippen molar-refractivity contribution >= 4 is 33.2 Å². The monoisotopic (exact) mass is 626 g/mol. The molecule has 2 atom stereocenters. The van der Waals surface area contributed by atoms with Gasteiger partial charge in [-0.25, -0.2) is 8.42 Å². The van der Waals surface area contributed by atoms with Gasteiger partial charge >= 0.3 is 0 Å². The van der Waals surface area contributed by atoms with E-state index in [2.05, 4.69) is 5.32 Å². The number of anilines is 1. The number of amides is 2. The zero-order chi connectivity index (χ0) is 32.6. The molecule has 13 heteroatoms. The summed E-state index contributed by atoms with van der Waals surface area (Å²) < 4.78 is 39.4. The van der Waals surface area contributed by atoms with Crippen LogP contribution in [-0.2, 0) is 26.2 Å². The topological polar surface area (TPSA) is 148 Å². The molecule has 0 radical (unpaired) electrons. The fraction of sp³-hybridized carbons (Fsp3) is 0.355. The molecule has 236 valence electrons. The standard InChI is InChI=1S/C31H38N4O8S/c1-7-22(3)32-31(37)23(4)33(19-24-9-13-26(42-5)14-10-24)30(36)20-34(25-11-15-27(43-6)16-12-25)44(40,41)28-17-8-21(2)29(18-28)35(38)39/h8-18,22-23H,7,19-20H2,1-6H3,(H,32,37)/t22-,23-/m1/s1. The van der Waals surface area contributed by atoms with Crippen molar-refractivity contribution in [2.75, 3.05) is 25.1 Å². The van der Waals surface area contributed by atoms with Crippen molar-refractivity contribution in [2.24, 2.45) is 0 Å². The van der Waals surface area contributed by atoms with Crippen LogP contribution < -0.4 is 19.1 Å². The molecule has 0 bridgehead atoms. The van der Waals surface area contributed by atoms with Gasteiger partial charge in [-0.1, -0.05) is 25.1 Å². The summed E-state index contributed by atoms with van der Waals surface area (Å²) in [6, 6.07) is 15.4. The van der Waals surface area contributed by atoms with E-state index in [1.54, 1.807) is 31.2 Å². The van der Waals surface area contributed by atoms with Crippen LogP contribution in [0.25, 0.3) is 0 Å². The van der Waals surface area contributed by atoms with Crippen LogP contribution in [0.4, 0.5) is 11.4 Å². The molecule has 0 heterocycles. The zero-order valence-corrected chi connectivity index (χ0v) is 26.5. The maximum Gasteiger partial charge on any atom is 0.273 e. The fourth-order valence-corrected chi connectivity index (χ4v) is 5.76. The maximum atomic E-state index is 14.1. The summed E-state index contributed by atoms with van der Waals surface area (Å²) in [5.41, 5.74) is 0.732. The number of carbonyl (C=O) groups is 2. The molecule has 0 aliphatic rings. The molecule has 0 spiro atoms. The second-order valence-electron chi connectivity index (χ2n) is 10.3. The highest BCUT2D eigenvalue weighted by Crippen LogP contribution is 2.29. The Bertz CT molecular complexity index is 1580. The Morgan fingerprint density at radius 3 is 2.05 bits per heavy atom. The summed E-state index contributed by atoms with van der Waals surface area (Å²) in [5, 5.41) is 14.5. The Balaban J connectivity index is 2.08. The van der Waals surface area contributed by atoms with Gasteiger partial charge in [0.05, 0.1) is 29.7 Å². The predicted molar refractivity (Wildman–Crippen MR) is 166 cm³/mol. The molecule has 0 aromatic heterocycles. The highest BCUT2D eigenvalue weighted by atomic mass is 32.2. The van der Waals surface area contributed by atoms with E-state index in [1.165, 1.54) is 62.4 Å². The molecular formula is C31H38N4O8S. The van der Waals surface area contributed by atoms with Crippen LogP contribution in [-0.4, -0.2) is 62.9 Å². The minimum absolute atomic E-state index is 0.00439. The van der Waals surface area contributed by atoms with E-state index in [0.717, 1.165) is 10.4 Å². The summed E-state index contributed by atoms with van der Waals surface area (Å²) in [4.78, 5) is 39.2. The quantitative estimate of drug-likeness (QED) is 0.204. The van der Waals surface area contributed by atoms with Crippen LogP contribution >= 0.6 is 0 Å². The summed E-state index contributed by atoms with van der Waals surface area (Å²) in [7, 11) is -1.51. The van der Waals surface area contributed by atoms with Crippen LogP contribution in [0, 0.1) is 17.0 Å². The number of hydrogen-bond acceptors (Lipinski definition) is 8. The number of sulfonamides is 1. The van der Waals surface area contributed by atoms with Gasteiger partial charge in [-0.15, -0.1) is 0 Å². The molecular weight excluding hydrogens is 588 g/mol. The van der Waals surface area contributed by atoms with E-state index in [-0.39, 0.29) is 34.4 Å². The highest BCUT2D eigenvalue weighted by Gasteiger charge is 2.33.